The predicted molar refractivity (Wildman–Crippen MR) is 58.0 cm³/mol. The number of nitrogens with zero attached hydrogens (tertiary/aromatic N) is 2. The number of fused-ring (bicyclic) bond motifs is 1. The molecular formula is C11H7ClN2O. The van der Waals surface area contributed by atoms with Gasteiger partial charge in [-0.15, -0.1) is 0 Å². The Labute approximate surface area is 91.9 Å². The lowest BCUT2D eigenvalue weighted by Crippen LogP contribution is -1.89. The third-order valence-corrected chi connectivity index (χ3v) is 2.54. The first-order chi connectivity index (χ1) is 7.27. The average molecular weight is 219 g/mol. The monoisotopic (exact) mass is 218 g/mol. The molecule has 1 heterocycles. The summed E-state index contributed by atoms with van der Waals surface area (Å²) < 4.78 is 5.15. The number of pyridine rings is 1. The van der Waals surface area contributed by atoms with Crippen molar-refractivity contribution in [3.8, 4) is 11.8 Å². The van der Waals surface area contributed by atoms with E-state index in [-0.39, 0.29) is 0 Å². The molecule has 0 saturated heterocycles. The molecule has 0 aliphatic rings. The van der Waals surface area contributed by atoms with Crippen molar-refractivity contribution in [2.45, 2.75) is 0 Å². The minimum Gasteiger partial charge on any atom is -0.494 e. The molecule has 2 rings (SSSR count). The van der Waals surface area contributed by atoms with E-state index >= 15 is 0 Å². The molecule has 0 unspecified atom stereocenters. The number of hydrogen-bond acceptors (Lipinski definition) is 3. The van der Waals surface area contributed by atoms with Crippen LogP contribution in [0.2, 0.25) is 5.02 Å². The van der Waals surface area contributed by atoms with Crippen molar-refractivity contribution in [1.29, 1.82) is 5.26 Å². The summed E-state index contributed by atoms with van der Waals surface area (Å²) in [5, 5.41) is 9.95. The standard InChI is InChI=1S/C11H7ClN2O/c1-15-9-4-2-3-8-10(12)7(5-13)6-14-11(8)9/h2-4,6H,1H3. The third kappa shape index (κ3) is 1.49. The van der Waals surface area contributed by atoms with Crippen molar-refractivity contribution in [3.63, 3.8) is 0 Å². The van der Waals surface area contributed by atoms with Gasteiger partial charge >= 0.3 is 0 Å². The first kappa shape index (κ1) is 9.75. The van der Waals surface area contributed by atoms with E-state index in [0.717, 1.165) is 5.39 Å². The van der Waals surface area contributed by atoms with Crippen LogP contribution >= 0.6 is 11.6 Å². The molecule has 3 nitrogen and oxygen atoms in total. The van der Waals surface area contributed by atoms with Crippen LogP contribution in [-0.2, 0) is 0 Å². The zero-order chi connectivity index (χ0) is 10.8. The minimum atomic E-state index is 0.373. The van der Waals surface area contributed by atoms with E-state index in [4.69, 9.17) is 21.6 Å². The predicted octanol–water partition coefficient (Wildman–Crippen LogP) is 2.77. The van der Waals surface area contributed by atoms with Crippen molar-refractivity contribution < 1.29 is 4.74 Å². The van der Waals surface area contributed by atoms with Gasteiger partial charge in [-0.25, -0.2) is 0 Å². The van der Waals surface area contributed by atoms with Crippen molar-refractivity contribution in [2.75, 3.05) is 7.11 Å². The van der Waals surface area contributed by atoms with Crippen LogP contribution in [-0.4, -0.2) is 12.1 Å². The van der Waals surface area contributed by atoms with E-state index in [2.05, 4.69) is 4.98 Å². The Morgan fingerprint density at radius 1 is 1.47 bits per heavy atom. The van der Waals surface area contributed by atoms with Crippen molar-refractivity contribution in [3.05, 3.63) is 35.0 Å². The maximum Gasteiger partial charge on any atom is 0.145 e. The van der Waals surface area contributed by atoms with Gasteiger partial charge in [0.1, 0.15) is 17.3 Å². The maximum absolute atomic E-state index is 8.80. The second kappa shape index (κ2) is 3.76. The molecule has 0 N–H and O–H groups in total. The topological polar surface area (TPSA) is 45.9 Å². The lowest BCUT2D eigenvalue weighted by molar-refractivity contribution is 0.419. The molecule has 15 heavy (non-hydrogen) atoms. The Morgan fingerprint density at radius 2 is 2.27 bits per heavy atom. The Bertz CT molecular complexity index is 560. The molecule has 0 aliphatic carbocycles. The number of ether oxygens (including phenoxy) is 1. The molecule has 0 radical (unpaired) electrons. The van der Waals surface area contributed by atoms with Gasteiger partial charge in [0.15, 0.2) is 0 Å². The largest absolute Gasteiger partial charge is 0.494 e. The molecule has 2 aromatic rings. The summed E-state index contributed by atoms with van der Waals surface area (Å²) in [6, 6.07) is 7.42. The SMILES string of the molecule is COc1cccc2c(Cl)c(C#N)cnc12. The highest BCUT2D eigenvalue weighted by molar-refractivity contribution is 6.36. The second-order valence-electron chi connectivity index (χ2n) is 2.95. The molecule has 0 aliphatic heterocycles. The van der Waals surface area contributed by atoms with Crippen LogP contribution < -0.4 is 4.74 Å². The van der Waals surface area contributed by atoms with Crippen LogP contribution in [0.25, 0.3) is 10.9 Å². The fourth-order valence-electron chi connectivity index (χ4n) is 1.41. The minimum absolute atomic E-state index is 0.373. The Kier molecular flexibility index (Phi) is 2.44. The third-order valence-electron chi connectivity index (χ3n) is 2.14. The van der Waals surface area contributed by atoms with Crippen LogP contribution in [0.3, 0.4) is 0 Å². The summed E-state index contributed by atoms with van der Waals surface area (Å²) >= 11 is 6.05. The number of rotatable bonds is 1. The van der Waals surface area contributed by atoms with Gasteiger partial charge in [-0.1, -0.05) is 23.7 Å². The van der Waals surface area contributed by atoms with Gasteiger partial charge in [0.25, 0.3) is 0 Å². The summed E-state index contributed by atoms with van der Waals surface area (Å²) in [4.78, 5) is 4.15. The summed E-state index contributed by atoms with van der Waals surface area (Å²) in [5.41, 5.74) is 1.04. The van der Waals surface area contributed by atoms with Gasteiger partial charge in [0.2, 0.25) is 0 Å². The molecule has 74 valence electrons. The lowest BCUT2D eigenvalue weighted by Gasteiger charge is -2.05. The highest BCUT2D eigenvalue weighted by atomic mass is 35.5. The number of aromatic nitrogens is 1. The maximum atomic E-state index is 8.80. The fourth-order valence-corrected chi connectivity index (χ4v) is 1.65. The quantitative estimate of drug-likeness (QED) is 0.740. The Hall–Kier alpha value is -1.79. The molecular weight excluding hydrogens is 212 g/mol. The molecule has 0 fully saturated rings. The molecule has 0 bridgehead atoms. The Morgan fingerprint density at radius 3 is 2.93 bits per heavy atom. The van der Waals surface area contributed by atoms with Crippen molar-refractivity contribution in [2.24, 2.45) is 0 Å². The molecule has 0 amide bonds. The average Bonchev–Trinajstić information content (AvgIpc) is 2.29. The van der Waals surface area contributed by atoms with Crippen LogP contribution in [0.1, 0.15) is 5.56 Å². The van der Waals surface area contributed by atoms with Gasteiger partial charge in [-0.2, -0.15) is 5.26 Å². The van der Waals surface area contributed by atoms with Gasteiger partial charge < -0.3 is 4.74 Å². The first-order valence-electron chi connectivity index (χ1n) is 4.29. The number of nitriles is 1. The normalized spacial score (nSPS) is 9.93. The summed E-state index contributed by atoms with van der Waals surface area (Å²) in [5.74, 6) is 0.652. The molecule has 1 aromatic heterocycles. The Balaban J connectivity index is 2.85. The van der Waals surface area contributed by atoms with Gasteiger partial charge in [0, 0.05) is 11.6 Å². The van der Waals surface area contributed by atoms with Gasteiger partial charge in [-0.05, 0) is 6.07 Å². The van der Waals surface area contributed by atoms with Crippen LogP contribution in [0, 0.1) is 11.3 Å². The van der Waals surface area contributed by atoms with E-state index in [1.165, 1.54) is 6.20 Å². The summed E-state index contributed by atoms with van der Waals surface area (Å²) in [7, 11) is 1.57. The van der Waals surface area contributed by atoms with E-state index < -0.39 is 0 Å². The van der Waals surface area contributed by atoms with Crippen LogP contribution in [0.5, 0.6) is 5.75 Å². The number of benzene rings is 1. The second-order valence-corrected chi connectivity index (χ2v) is 3.33. The molecule has 1 aromatic carbocycles. The highest BCUT2D eigenvalue weighted by Gasteiger charge is 2.09. The van der Waals surface area contributed by atoms with E-state index in [0.29, 0.717) is 21.9 Å². The van der Waals surface area contributed by atoms with Gasteiger partial charge in [0.05, 0.1) is 17.7 Å². The van der Waals surface area contributed by atoms with Crippen LogP contribution in [0.15, 0.2) is 24.4 Å². The molecule has 0 saturated carbocycles. The lowest BCUT2D eigenvalue weighted by atomic mass is 10.1. The van der Waals surface area contributed by atoms with Crippen molar-refractivity contribution in [1.82, 2.24) is 4.98 Å². The van der Waals surface area contributed by atoms with E-state index in [1.807, 2.05) is 18.2 Å². The zero-order valence-corrected chi connectivity index (χ0v) is 8.75. The number of methoxy groups -OCH3 is 1. The highest BCUT2D eigenvalue weighted by Crippen LogP contribution is 2.30. The van der Waals surface area contributed by atoms with Crippen LogP contribution in [0.4, 0.5) is 0 Å². The van der Waals surface area contributed by atoms with E-state index in [1.54, 1.807) is 13.2 Å². The summed E-state index contributed by atoms with van der Waals surface area (Å²) in [6.45, 7) is 0. The number of para-hydroxylation sites is 1. The number of hydrogen-bond donors (Lipinski definition) is 0. The number of halogens is 1. The smallest absolute Gasteiger partial charge is 0.145 e. The van der Waals surface area contributed by atoms with E-state index in [9.17, 15) is 0 Å². The molecule has 4 heteroatoms. The van der Waals surface area contributed by atoms with Gasteiger partial charge in [-0.3, -0.25) is 4.98 Å². The zero-order valence-electron chi connectivity index (χ0n) is 7.99. The first-order valence-corrected chi connectivity index (χ1v) is 4.67. The van der Waals surface area contributed by atoms with Crippen molar-refractivity contribution >= 4 is 22.5 Å². The fraction of sp³-hybridized carbons (Fsp3) is 0.0909. The molecule has 0 spiro atoms. The summed E-state index contributed by atoms with van der Waals surface area (Å²) in [6.07, 6.45) is 1.45. The molecule has 0 atom stereocenters.